The summed E-state index contributed by atoms with van der Waals surface area (Å²) in [5.74, 6) is 2.11. The van der Waals surface area contributed by atoms with E-state index < -0.39 is 0 Å². The fraction of sp³-hybridized carbons (Fsp3) is 0.100. The molecule has 0 amide bonds. The highest BCUT2D eigenvalue weighted by atomic mass is 16.3. The highest BCUT2D eigenvalue weighted by Gasteiger charge is 2.10. The topological polar surface area (TPSA) is 51.0 Å². The molecule has 1 N–H and O–H groups in total. The summed E-state index contributed by atoms with van der Waals surface area (Å²) in [7, 11) is 0. The first-order valence-electron chi connectivity index (χ1n) is 7.98. The molecule has 2 aromatic carbocycles. The number of hydrogen-bond donors (Lipinski definition) is 1. The quantitative estimate of drug-likeness (QED) is 0.587. The predicted octanol–water partition coefficient (Wildman–Crippen LogP) is 4.54. The lowest BCUT2D eigenvalue weighted by atomic mass is 10.1. The van der Waals surface area contributed by atoms with E-state index in [-0.39, 0.29) is 0 Å². The fourth-order valence-corrected chi connectivity index (χ4v) is 2.70. The minimum Gasteiger partial charge on any atom is -0.461 e. The highest BCUT2D eigenvalue weighted by Crippen LogP contribution is 2.25. The third-order valence-electron chi connectivity index (χ3n) is 3.89. The lowest BCUT2D eigenvalue weighted by molar-refractivity contribution is 0.577. The van der Waals surface area contributed by atoms with E-state index in [1.165, 1.54) is 5.56 Å². The van der Waals surface area contributed by atoms with E-state index in [0.717, 1.165) is 29.7 Å². The van der Waals surface area contributed by atoms with Crippen LogP contribution in [0.1, 0.15) is 5.56 Å². The molecule has 4 nitrogen and oxygen atoms in total. The number of hydrogen-bond acceptors (Lipinski definition) is 4. The van der Waals surface area contributed by atoms with E-state index in [1.54, 1.807) is 6.26 Å². The normalized spacial score (nSPS) is 10.8. The molecule has 0 aliphatic heterocycles. The Bertz CT molecular complexity index is 934. The van der Waals surface area contributed by atoms with Gasteiger partial charge < -0.3 is 9.73 Å². The first kappa shape index (κ1) is 14.5. The van der Waals surface area contributed by atoms with Crippen molar-refractivity contribution in [2.24, 2.45) is 0 Å². The van der Waals surface area contributed by atoms with Crippen LogP contribution in [0.4, 0.5) is 5.82 Å². The van der Waals surface area contributed by atoms with Gasteiger partial charge in [0, 0.05) is 11.9 Å². The molecule has 0 bridgehead atoms. The van der Waals surface area contributed by atoms with Crippen molar-refractivity contribution in [3.05, 3.63) is 78.6 Å². The Labute approximate surface area is 140 Å². The van der Waals surface area contributed by atoms with Gasteiger partial charge in [-0.15, -0.1) is 0 Å². The van der Waals surface area contributed by atoms with Crippen LogP contribution in [0.5, 0.6) is 0 Å². The van der Waals surface area contributed by atoms with Gasteiger partial charge in [0.15, 0.2) is 11.6 Å². The van der Waals surface area contributed by atoms with Crippen LogP contribution in [0, 0.1) is 0 Å². The van der Waals surface area contributed by atoms with Gasteiger partial charge in [-0.2, -0.15) is 0 Å². The van der Waals surface area contributed by atoms with Gasteiger partial charge in [-0.25, -0.2) is 9.97 Å². The molecule has 0 saturated carbocycles. The number of benzene rings is 2. The molecule has 0 saturated heterocycles. The minimum atomic E-state index is 0.598. The van der Waals surface area contributed by atoms with Crippen LogP contribution < -0.4 is 5.32 Å². The zero-order valence-corrected chi connectivity index (χ0v) is 13.1. The summed E-state index contributed by atoms with van der Waals surface area (Å²) in [5.41, 5.74) is 2.20. The zero-order valence-electron chi connectivity index (χ0n) is 13.1. The number of anilines is 1. The molecule has 0 aliphatic carbocycles. The smallest absolute Gasteiger partial charge is 0.198 e. The van der Waals surface area contributed by atoms with Crippen molar-refractivity contribution < 1.29 is 4.42 Å². The van der Waals surface area contributed by atoms with Crippen LogP contribution in [0.15, 0.2) is 77.4 Å². The molecule has 0 atom stereocenters. The number of rotatable bonds is 5. The van der Waals surface area contributed by atoms with E-state index in [0.29, 0.717) is 11.6 Å². The number of fused-ring (bicyclic) bond motifs is 1. The SMILES string of the molecule is c1ccc(CCNc2nc(-c3ccco3)nc3ccccc23)cc1. The Kier molecular flexibility index (Phi) is 3.94. The van der Waals surface area contributed by atoms with Gasteiger partial charge in [0.2, 0.25) is 0 Å². The largest absolute Gasteiger partial charge is 0.461 e. The van der Waals surface area contributed by atoms with E-state index in [9.17, 15) is 0 Å². The number of aromatic nitrogens is 2. The van der Waals surface area contributed by atoms with Crippen molar-refractivity contribution in [1.82, 2.24) is 9.97 Å². The molecule has 0 unspecified atom stereocenters. The summed E-state index contributed by atoms with van der Waals surface area (Å²) in [6, 6.07) is 22.1. The molecule has 0 radical (unpaired) electrons. The molecule has 4 rings (SSSR count). The second-order valence-corrected chi connectivity index (χ2v) is 5.55. The van der Waals surface area contributed by atoms with Gasteiger partial charge in [-0.3, -0.25) is 0 Å². The predicted molar refractivity (Wildman–Crippen MR) is 95.9 cm³/mol. The molecule has 2 heterocycles. The van der Waals surface area contributed by atoms with Gasteiger partial charge in [-0.1, -0.05) is 42.5 Å². The second-order valence-electron chi connectivity index (χ2n) is 5.55. The van der Waals surface area contributed by atoms with E-state index >= 15 is 0 Å². The Morgan fingerprint density at radius 1 is 0.833 bits per heavy atom. The van der Waals surface area contributed by atoms with Crippen molar-refractivity contribution in [1.29, 1.82) is 0 Å². The monoisotopic (exact) mass is 315 g/mol. The number of para-hydroxylation sites is 1. The number of nitrogens with one attached hydrogen (secondary N) is 1. The molecule has 0 aliphatic rings. The van der Waals surface area contributed by atoms with Crippen LogP contribution >= 0.6 is 0 Å². The fourth-order valence-electron chi connectivity index (χ4n) is 2.70. The van der Waals surface area contributed by atoms with Gasteiger partial charge in [0.25, 0.3) is 0 Å². The van der Waals surface area contributed by atoms with E-state index in [1.807, 2.05) is 42.5 Å². The van der Waals surface area contributed by atoms with Gasteiger partial charge in [-0.05, 0) is 36.2 Å². The van der Waals surface area contributed by atoms with Crippen molar-refractivity contribution >= 4 is 16.7 Å². The summed E-state index contributed by atoms with van der Waals surface area (Å²) < 4.78 is 5.44. The van der Waals surface area contributed by atoms with Crippen LogP contribution in [0.25, 0.3) is 22.5 Å². The van der Waals surface area contributed by atoms with Crippen LogP contribution in [-0.4, -0.2) is 16.5 Å². The van der Waals surface area contributed by atoms with Crippen molar-refractivity contribution in [2.75, 3.05) is 11.9 Å². The molecular formula is C20H17N3O. The highest BCUT2D eigenvalue weighted by molar-refractivity contribution is 5.90. The second kappa shape index (κ2) is 6.54. The zero-order chi connectivity index (χ0) is 16.2. The maximum absolute atomic E-state index is 5.44. The first-order chi connectivity index (χ1) is 11.9. The minimum absolute atomic E-state index is 0.598. The maximum atomic E-state index is 5.44. The van der Waals surface area contributed by atoms with Gasteiger partial charge in [0.1, 0.15) is 5.82 Å². The first-order valence-corrected chi connectivity index (χ1v) is 7.98. The average molecular weight is 315 g/mol. The standard InChI is InChI=1S/C20H17N3O/c1-2-7-15(8-3-1)12-13-21-19-16-9-4-5-10-17(16)22-20(23-19)18-11-6-14-24-18/h1-11,14H,12-13H2,(H,21,22,23). The molecule has 2 aromatic heterocycles. The lowest BCUT2D eigenvalue weighted by Crippen LogP contribution is -2.08. The number of nitrogens with zero attached hydrogens (tertiary/aromatic N) is 2. The Morgan fingerprint density at radius 2 is 1.67 bits per heavy atom. The third-order valence-corrected chi connectivity index (χ3v) is 3.89. The van der Waals surface area contributed by atoms with E-state index in [4.69, 9.17) is 4.42 Å². The molecular weight excluding hydrogens is 298 g/mol. The Balaban J connectivity index is 1.63. The van der Waals surface area contributed by atoms with Gasteiger partial charge >= 0.3 is 0 Å². The summed E-state index contributed by atoms with van der Waals surface area (Å²) in [6.07, 6.45) is 2.58. The number of furan rings is 1. The Hall–Kier alpha value is -3.14. The van der Waals surface area contributed by atoms with Crippen LogP contribution in [-0.2, 0) is 6.42 Å². The molecule has 4 aromatic rings. The Morgan fingerprint density at radius 3 is 2.50 bits per heavy atom. The lowest BCUT2D eigenvalue weighted by Gasteiger charge is -2.10. The van der Waals surface area contributed by atoms with Gasteiger partial charge in [0.05, 0.1) is 11.8 Å². The summed E-state index contributed by atoms with van der Waals surface area (Å²) in [6.45, 7) is 0.808. The molecule has 0 fully saturated rings. The van der Waals surface area contributed by atoms with Crippen LogP contribution in [0.3, 0.4) is 0 Å². The molecule has 0 spiro atoms. The summed E-state index contributed by atoms with van der Waals surface area (Å²) in [5, 5.41) is 4.46. The summed E-state index contributed by atoms with van der Waals surface area (Å²) in [4.78, 5) is 9.26. The third kappa shape index (κ3) is 2.99. The van der Waals surface area contributed by atoms with E-state index in [2.05, 4.69) is 39.6 Å². The van der Waals surface area contributed by atoms with Crippen LogP contribution in [0.2, 0.25) is 0 Å². The molecule has 118 valence electrons. The van der Waals surface area contributed by atoms with Crippen molar-refractivity contribution in [3.63, 3.8) is 0 Å². The average Bonchev–Trinajstić information content (AvgIpc) is 3.17. The molecule has 24 heavy (non-hydrogen) atoms. The summed E-state index contributed by atoms with van der Waals surface area (Å²) >= 11 is 0. The van der Waals surface area contributed by atoms with Crippen molar-refractivity contribution in [3.8, 4) is 11.6 Å². The van der Waals surface area contributed by atoms with Crippen molar-refractivity contribution in [2.45, 2.75) is 6.42 Å². The maximum Gasteiger partial charge on any atom is 0.198 e. The molecule has 4 heteroatoms.